The van der Waals surface area contributed by atoms with Crippen molar-refractivity contribution in [1.29, 1.82) is 0 Å². The van der Waals surface area contributed by atoms with Crippen molar-refractivity contribution in [3.05, 3.63) is 54.3 Å². The van der Waals surface area contributed by atoms with Crippen molar-refractivity contribution in [2.24, 2.45) is 0 Å². The lowest BCUT2D eigenvalue weighted by molar-refractivity contribution is 0.220. The Morgan fingerprint density at radius 3 is 2.32 bits per heavy atom. The summed E-state index contributed by atoms with van der Waals surface area (Å²) in [5, 5.41) is 3.31. The molecule has 1 N–H and O–H groups in total. The van der Waals surface area contributed by atoms with Crippen molar-refractivity contribution in [3.8, 4) is 17.2 Å². The quantitative estimate of drug-likeness (QED) is 0.623. The highest BCUT2D eigenvalue weighted by atomic mass is 19.1. The second kappa shape index (κ2) is 10.6. The Balaban J connectivity index is 1.55. The van der Waals surface area contributed by atoms with Gasteiger partial charge < -0.3 is 19.5 Å². The van der Waals surface area contributed by atoms with E-state index in [9.17, 15) is 4.39 Å². The maximum Gasteiger partial charge on any atom is 0.161 e. The van der Waals surface area contributed by atoms with Crippen LogP contribution in [0.5, 0.6) is 17.2 Å². The fraction of sp³-hybridized carbons (Fsp3) is 0.400. The summed E-state index contributed by atoms with van der Waals surface area (Å²) in [5.74, 6) is 1.96. The first-order chi connectivity index (χ1) is 12.1. The first-order valence-electron chi connectivity index (χ1n) is 8.62. The van der Waals surface area contributed by atoms with Crippen molar-refractivity contribution in [2.45, 2.75) is 26.4 Å². The number of halogens is 1. The van der Waals surface area contributed by atoms with Crippen LogP contribution in [0.4, 0.5) is 4.39 Å². The molecule has 0 saturated carbocycles. The summed E-state index contributed by atoms with van der Waals surface area (Å²) in [5.41, 5.74) is 0. The van der Waals surface area contributed by atoms with Gasteiger partial charge in [0, 0.05) is 6.54 Å². The first-order valence-corrected chi connectivity index (χ1v) is 8.62. The summed E-state index contributed by atoms with van der Waals surface area (Å²) in [4.78, 5) is 0. The molecule has 2 aromatic carbocycles. The number of rotatable bonds is 11. The van der Waals surface area contributed by atoms with Gasteiger partial charge in [0.25, 0.3) is 0 Å². The van der Waals surface area contributed by atoms with Gasteiger partial charge in [-0.15, -0.1) is 0 Å². The van der Waals surface area contributed by atoms with Crippen LogP contribution in [-0.2, 0) is 0 Å². The standard InChI is InChI=1S/C20H26FNO3/c1-16(2)25-20-7-4-3-6-19(20)24-15-13-22-12-5-14-23-18-10-8-17(21)9-11-18/h3-4,6-11,16,22H,5,12-15H2,1-2H3. The molecule has 25 heavy (non-hydrogen) atoms. The summed E-state index contributed by atoms with van der Waals surface area (Å²) in [6, 6.07) is 13.7. The molecule has 0 aromatic heterocycles. The van der Waals surface area contributed by atoms with E-state index in [-0.39, 0.29) is 11.9 Å². The van der Waals surface area contributed by atoms with Crippen LogP contribution in [-0.4, -0.2) is 32.4 Å². The molecule has 136 valence electrons. The third-order valence-corrected chi connectivity index (χ3v) is 3.33. The monoisotopic (exact) mass is 347 g/mol. The van der Waals surface area contributed by atoms with Gasteiger partial charge in [-0.2, -0.15) is 0 Å². The fourth-order valence-corrected chi connectivity index (χ4v) is 2.20. The second-order valence-corrected chi connectivity index (χ2v) is 5.87. The zero-order valence-corrected chi connectivity index (χ0v) is 14.8. The SMILES string of the molecule is CC(C)Oc1ccccc1OCCNCCCOc1ccc(F)cc1. The van der Waals surface area contributed by atoms with Gasteiger partial charge in [0.05, 0.1) is 12.7 Å². The van der Waals surface area contributed by atoms with Gasteiger partial charge in [0.15, 0.2) is 11.5 Å². The number of hydrogen-bond acceptors (Lipinski definition) is 4. The summed E-state index contributed by atoms with van der Waals surface area (Å²) in [7, 11) is 0. The molecule has 0 aliphatic rings. The van der Waals surface area contributed by atoms with E-state index in [1.807, 2.05) is 38.1 Å². The van der Waals surface area contributed by atoms with E-state index in [2.05, 4.69) is 5.32 Å². The predicted molar refractivity (Wildman–Crippen MR) is 97.1 cm³/mol. The minimum Gasteiger partial charge on any atom is -0.494 e. The molecule has 0 atom stereocenters. The van der Waals surface area contributed by atoms with Crippen LogP contribution in [0, 0.1) is 5.82 Å². The smallest absolute Gasteiger partial charge is 0.161 e. The first kappa shape index (κ1) is 19.1. The molecule has 0 unspecified atom stereocenters. The Morgan fingerprint density at radius 2 is 1.60 bits per heavy atom. The molecule has 0 aliphatic carbocycles. The number of ether oxygens (including phenoxy) is 3. The molecule has 0 amide bonds. The predicted octanol–water partition coefficient (Wildman–Crippen LogP) is 4.05. The topological polar surface area (TPSA) is 39.7 Å². The maximum atomic E-state index is 12.8. The number of nitrogens with one attached hydrogen (secondary N) is 1. The average Bonchev–Trinajstić information content (AvgIpc) is 2.59. The Labute approximate surface area is 148 Å². The molecule has 0 radical (unpaired) electrons. The minimum absolute atomic E-state index is 0.115. The van der Waals surface area contributed by atoms with Gasteiger partial charge in [0.1, 0.15) is 18.2 Å². The van der Waals surface area contributed by atoms with E-state index in [1.54, 1.807) is 12.1 Å². The molecule has 0 bridgehead atoms. The highest BCUT2D eigenvalue weighted by Gasteiger charge is 2.05. The molecule has 0 heterocycles. The molecule has 0 fully saturated rings. The number of para-hydroxylation sites is 2. The lowest BCUT2D eigenvalue weighted by Gasteiger charge is -2.15. The highest BCUT2D eigenvalue weighted by molar-refractivity contribution is 5.39. The summed E-state index contributed by atoms with van der Waals surface area (Å²) in [6.45, 7) is 6.71. The van der Waals surface area contributed by atoms with E-state index in [4.69, 9.17) is 14.2 Å². The second-order valence-electron chi connectivity index (χ2n) is 5.87. The molecule has 2 aromatic rings. The van der Waals surface area contributed by atoms with Crippen LogP contribution in [0.25, 0.3) is 0 Å². The third-order valence-electron chi connectivity index (χ3n) is 3.33. The lowest BCUT2D eigenvalue weighted by Crippen LogP contribution is -2.23. The van der Waals surface area contributed by atoms with E-state index >= 15 is 0 Å². The Bertz CT molecular complexity index is 617. The Morgan fingerprint density at radius 1 is 0.880 bits per heavy atom. The van der Waals surface area contributed by atoms with Gasteiger partial charge in [-0.3, -0.25) is 0 Å². The molecule has 0 saturated heterocycles. The van der Waals surface area contributed by atoms with Crippen LogP contribution >= 0.6 is 0 Å². The summed E-state index contributed by atoms with van der Waals surface area (Å²) < 4.78 is 29.8. The molecule has 0 spiro atoms. The molecule has 0 aliphatic heterocycles. The fourth-order valence-electron chi connectivity index (χ4n) is 2.20. The van der Waals surface area contributed by atoms with Crippen LogP contribution < -0.4 is 19.5 Å². The Kier molecular flexibility index (Phi) is 8.05. The summed E-state index contributed by atoms with van der Waals surface area (Å²) in [6.07, 6.45) is 0.980. The minimum atomic E-state index is -0.255. The molecular formula is C20H26FNO3. The van der Waals surface area contributed by atoms with Gasteiger partial charge in [0.2, 0.25) is 0 Å². The van der Waals surface area contributed by atoms with E-state index in [1.165, 1.54) is 12.1 Å². The van der Waals surface area contributed by atoms with Crippen LogP contribution in [0.15, 0.2) is 48.5 Å². The van der Waals surface area contributed by atoms with E-state index in [0.29, 0.717) is 19.0 Å². The van der Waals surface area contributed by atoms with Crippen molar-refractivity contribution in [2.75, 3.05) is 26.3 Å². The molecular weight excluding hydrogens is 321 g/mol. The normalized spacial score (nSPS) is 10.7. The largest absolute Gasteiger partial charge is 0.494 e. The maximum absolute atomic E-state index is 12.8. The number of benzene rings is 2. The van der Waals surface area contributed by atoms with Crippen LogP contribution in [0.2, 0.25) is 0 Å². The van der Waals surface area contributed by atoms with Crippen LogP contribution in [0.3, 0.4) is 0 Å². The van der Waals surface area contributed by atoms with Crippen molar-refractivity contribution >= 4 is 0 Å². The van der Waals surface area contributed by atoms with Gasteiger partial charge >= 0.3 is 0 Å². The zero-order valence-electron chi connectivity index (χ0n) is 14.8. The van der Waals surface area contributed by atoms with E-state index in [0.717, 1.165) is 31.0 Å². The molecule has 5 heteroatoms. The van der Waals surface area contributed by atoms with Crippen molar-refractivity contribution in [1.82, 2.24) is 5.32 Å². The lowest BCUT2D eigenvalue weighted by atomic mass is 10.3. The van der Waals surface area contributed by atoms with Crippen molar-refractivity contribution in [3.63, 3.8) is 0 Å². The van der Waals surface area contributed by atoms with Gasteiger partial charge in [-0.25, -0.2) is 4.39 Å². The van der Waals surface area contributed by atoms with Gasteiger partial charge in [-0.05, 0) is 63.2 Å². The highest BCUT2D eigenvalue weighted by Crippen LogP contribution is 2.27. The number of hydrogen-bond donors (Lipinski definition) is 1. The van der Waals surface area contributed by atoms with E-state index < -0.39 is 0 Å². The van der Waals surface area contributed by atoms with Crippen molar-refractivity contribution < 1.29 is 18.6 Å². The average molecular weight is 347 g/mol. The van der Waals surface area contributed by atoms with Crippen LogP contribution in [0.1, 0.15) is 20.3 Å². The third kappa shape index (κ3) is 7.44. The molecule has 4 nitrogen and oxygen atoms in total. The summed E-state index contributed by atoms with van der Waals surface area (Å²) >= 11 is 0. The Hall–Kier alpha value is -2.27. The zero-order chi connectivity index (χ0) is 17.9. The molecule has 2 rings (SSSR count). The van der Waals surface area contributed by atoms with Gasteiger partial charge in [-0.1, -0.05) is 12.1 Å².